The van der Waals surface area contributed by atoms with Crippen molar-refractivity contribution in [2.24, 2.45) is 5.92 Å². The van der Waals surface area contributed by atoms with Crippen LogP contribution < -0.4 is 4.74 Å². The standard InChI is InChI=1S/C18H20O2/c1-3-14(2)17(19)13-20-18-12-8-7-11-16(18)15-9-5-4-6-10-15/h4-12,14H,3,13H2,1-2H3. The van der Waals surface area contributed by atoms with Gasteiger partial charge in [0.25, 0.3) is 0 Å². The molecular weight excluding hydrogens is 248 g/mol. The first kappa shape index (κ1) is 14.3. The molecule has 0 radical (unpaired) electrons. The number of carbonyl (C=O) groups is 1. The van der Waals surface area contributed by atoms with Crippen molar-refractivity contribution in [2.75, 3.05) is 6.61 Å². The number of rotatable bonds is 6. The Kier molecular flexibility index (Phi) is 4.94. The monoisotopic (exact) mass is 268 g/mol. The van der Waals surface area contributed by atoms with Crippen LogP contribution in [-0.4, -0.2) is 12.4 Å². The van der Waals surface area contributed by atoms with E-state index in [9.17, 15) is 4.79 Å². The van der Waals surface area contributed by atoms with Crippen LogP contribution in [0.1, 0.15) is 20.3 Å². The number of benzene rings is 2. The molecule has 1 atom stereocenters. The van der Waals surface area contributed by atoms with Gasteiger partial charge in [0.2, 0.25) is 0 Å². The summed E-state index contributed by atoms with van der Waals surface area (Å²) in [6.07, 6.45) is 0.850. The molecule has 0 saturated heterocycles. The number of hydrogen-bond donors (Lipinski definition) is 0. The minimum Gasteiger partial charge on any atom is -0.485 e. The second-order valence-corrected chi connectivity index (χ2v) is 4.93. The molecule has 2 aromatic carbocycles. The molecule has 0 saturated carbocycles. The predicted molar refractivity (Wildman–Crippen MR) is 81.8 cm³/mol. The SMILES string of the molecule is CCC(C)C(=O)COc1ccccc1-c1ccccc1. The molecule has 104 valence electrons. The molecule has 0 fully saturated rings. The quantitative estimate of drug-likeness (QED) is 0.778. The fraction of sp³-hybridized carbons (Fsp3) is 0.278. The zero-order chi connectivity index (χ0) is 14.4. The summed E-state index contributed by atoms with van der Waals surface area (Å²) in [4.78, 5) is 11.9. The lowest BCUT2D eigenvalue weighted by atomic mass is 10.0. The van der Waals surface area contributed by atoms with Gasteiger partial charge in [-0.3, -0.25) is 4.79 Å². The van der Waals surface area contributed by atoms with Gasteiger partial charge in [-0.05, 0) is 18.1 Å². The van der Waals surface area contributed by atoms with Gasteiger partial charge in [0.05, 0.1) is 0 Å². The summed E-state index contributed by atoms with van der Waals surface area (Å²) in [6.45, 7) is 4.09. The molecule has 0 bridgehead atoms. The molecule has 20 heavy (non-hydrogen) atoms. The van der Waals surface area contributed by atoms with Crippen LogP contribution in [0.3, 0.4) is 0 Å². The zero-order valence-electron chi connectivity index (χ0n) is 12.0. The average Bonchev–Trinajstić information content (AvgIpc) is 2.53. The van der Waals surface area contributed by atoms with Crippen LogP contribution in [-0.2, 0) is 4.79 Å². The smallest absolute Gasteiger partial charge is 0.172 e. The minimum absolute atomic E-state index is 0.0545. The topological polar surface area (TPSA) is 26.3 Å². The maximum Gasteiger partial charge on any atom is 0.172 e. The molecule has 0 N–H and O–H groups in total. The van der Waals surface area contributed by atoms with E-state index in [1.54, 1.807) is 0 Å². The van der Waals surface area contributed by atoms with E-state index >= 15 is 0 Å². The van der Waals surface area contributed by atoms with E-state index in [-0.39, 0.29) is 18.3 Å². The van der Waals surface area contributed by atoms with Crippen molar-refractivity contribution in [1.82, 2.24) is 0 Å². The largest absolute Gasteiger partial charge is 0.485 e. The molecule has 2 rings (SSSR count). The number of Topliss-reactive ketones (excluding diaryl/α,β-unsaturated/α-hetero) is 1. The van der Waals surface area contributed by atoms with E-state index in [0.29, 0.717) is 0 Å². The normalized spacial score (nSPS) is 11.9. The van der Waals surface area contributed by atoms with Crippen molar-refractivity contribution in [1.29, 1.82) is 0 Å². The van der Waals surface area contributed by atoms with Crippen LogP contribution in [0.25, 0.3) is 11.1 Å². The molecule has 1 unspecified atom stereocenters. The van der Waals surface area contributed by atoms with Gasteiger partial charge >= 0.3 is 0 Å². The first-order valence-electron chi connectivity index (χ1n) is 7.02. The molecular formula is C18H20O2. The Bertz CT molecular complexity index is 561. The summed E-state index contributed by atoms with van der Waals surface area (Å²) < 4.78 is 5.73. The molecule has 0 spiro atoms. The van der Waals surface area contributed by atoms with E-state index in [0.717, 1.165) is 23.3 Å². The van der Waals surface area contributed by atoms with E-state index in [1.165, 1.54) is 0 Å². The van der Waals surface area contributed by atoms with Crippen LogP contribution in [0.4, 0.5) is 0 Å². The van der Waals surface area contributed by atoms with Crippen LogP contribution in [0.15, 0.2) is 54.6 Å². The Balaban J connectivity index is 2.15. The number of ether oxygens (including phenoxy) is 1. The lowest BCUT2D eigenvalue weighted by Crippen LogP contribution is -2.18. The van der Waals surface area contributed by atoms with Gasteiger partial charge in [-0.2, -0.15) is 0 Å². The Morgan fingerprint density at radius 3 is 2.40 bits per heavy atom. The van der Waals surface area contributed by atoms with Crippen LogP contribution in [0.2, 0.25) is 0 Å². The molecule has 0 amide bonds. The highest BCUT2D eigenvalue weighted by Crippen LogP contribution is 2.29. The van der Waals surface area contributed by atoms with Gasteiger partial charge < -0.3 is 4.74 Å². The average molecular weight is 268 g/mol. The van der Waals surface area contributed by atoms with E-state index in [1.807, 2.05) is 68.4 Å². The Hall–Kier alpha value is -2.09. The molecule has 0 aliphatic carbocycles. The van der Waals surface area contributed by atoms with Crippen molar-refractivity contribution in [3.8, 4) is 16.9 Å². The third kappa shape index (κ3) is 3.47. The molecule has 0 aliphatic rings. The lowest BCUT2D eigenvalue weighted by Gasteiger charge is -2.13. The third-order valence-corrected chi connectivity index (χ3v) is 3.50. The van der Waals surface area contributed by atoms with Crippen molar-refractivity contribution in [2.45, 2.75) is 20.3 Å². The Morgan fingerprint density at radius 2 is 1.70 bits per heavy atom. The second kappa shape index (κ2) is 6.90. The van der Waals surface area contributed by atoms with Crippen molar-refractivity contribution in [3.05, 3.63) is 54.6 Å². The van der Waals surface area contributed by atoms with Gasteiger partial charge in [0.1, 0.15) is 12.4 Å². The highest BCUT2D eigenvalue weighted by molar-refractivity contribution is 5.82. The molecule has 2 heteroatoms. The summed E-state index contributed by atoms with van der Waals surface area (Å²) in [7, 11) is 0. The number of carbonyl (C=O) groups excluding carboxylic acids is 1. The summed E-state index contributed by atoms with van der Waals surface area (Å²) in [5, 5.41) is 0. The van der Waals surface area contributed by atoms with Gasteiger partial charge in [-0.1, -0.05) is 62.4 Å². The molecule has 0 heterocycles. The maximum atomic E-state index is 11.9. The van der Waals surface area contributed by atoms with Gasteiger partial charge in [0, 0.05) is 11.5 Å². The summed E-state index contributed by atoms with van der Waals surface area (Å²) in [5.41, 5.74) is 2.11. The fourth-order valence-corrected chi connectivity index (χ4v) is 1.97. The first-order chi connectivity index (χ1) is 9.72. The van der Waals surface area contributed by atoms with E-state index < -0.39 is 0 Å². The highest BCUT2D eigenvalue weighted by atomic mass is 16.5. The van der Waals surface area contributed by atoms with Crippen molar-refractivity contribution in [3.63, 3.8) is 0 Å². The fourth-order valence-electron chi connectivity index (χ4n) is 1.97. The van der Waals surface area contributed by atoms with Crippen molar-refractivity contribution >= 4 is 5.78 Å². The van der Waals surface area contributed by atoms with Gasteiger partial charge in [-0.15, -0.1) is 0 Å². The maximum absolute atomic E-state index is 11.9. The summed E-state index contributed by atoms with van der Waals surface area (Å²) >= 11 is 0. The zero-order valence-corrected chi connectivity index (χ0v) is 12.0. The first-order valence-corrected chi connectivity index (χ1v) is 7.02. The molecule has 0 aromatic heterocycles. The van der Waals surface area contributed by atoms with Crippen molar-refractivity contribution < 1.29 is 9.53 Å². The van der Waals surface area contributed by atoms with E-state index in [2.05, 4.69) is 0 Å². The van der Waals surface area contributed by atoms with Gasteiger partial charge in [0.15, 0.2) is 5.78 Å². The van der Waals surface area contributed by atoms with E-state index in [4.69, 9.17) is 4.74 Å². The molecule has 2 aromatic rings. The number of para-hydroxylation sites is 1. The highest BCUT2D eigenvalue weighted by Gasteiger charge is 2.12. The molecule has 2 nitrogen and oxygen atoms in total. The Morgan fingerprint density at radius 1 is 1.05 bits per heavy atom. The summed E-state index contributed by atoms with van der Waals surface area (Å²) in [6, 6.07) is 17.9. The number of ketones is 1. The second-order valence-electron chi connectivity index (χ2n) is 4.93. The van der Waals surface area contributed by atoms with Crippen LogP contribution >= 0.6 is 0 Å². The number of hydrogen-bond acceptors (Lipinski definition) is 2. The third-order valence-electron chi connectivity index (χ3n) is 3.50. The molecule has 0 aliphatic heterocycles. The minimum atomic E-state index is 0.0545. The lowest BCUT2D eigenvalue weighted by molar-refractivity contribution is -0.124. The predicted octanol–water partition coefficient (Wildman–Crippen LogP) is 4.35. The summed E-state index contributed by atoms with van der Waals surface area (Å²) in [5.74, 6) is 0.963. The van der Waals surface area contributed by atoms with Gasteiger partial charge in [-0.25, -0.2) is 0 Å². The Labute approximate surface area is 120 Å². The van der Waals surface area contributed by atoms with Crippen LogP contribution in [0.5, 0.6) is 5.75 Å². The van der Waals surface area contributed by atoms with Crippen LogP contribution in [0, 0.1) is 5.92 Å².